The fourth-order valence-corrected chi connectivity index (χ4v) is 3.44. The molecular formula is C24H23BrN2O2. The molecule has 4 nitrogen and oxygen atoms in total. The van der Waals surface area contributed by atoms with Crippen LogP contribution in [0, 0.1) is 0 Å². The van der Waals surface area contributed by atoms with E-state index in [-0.39, 0.29) is 17.1 Å². The number of carbonyl (C=O) groups is 1. The number of carbonyl (C=O) groups excluding carboxylic acids is 1. The van der Waals surface area contributed by atoms with Crippen LogP contribution in [0.5, 0.6) is 5.75 Å². The summed E-state index contributed by atoms with van der Waals surface area (Å²) in [5.74, 6) is -0.155. The van der Waals surface area contributed by atoms with Crippen LogP contribution in [0.2, 0.25) is 0 Å². The highest BCUT2D eigenvalue weighted by atomic mass is 79.9. The van der Waals surface area contributed by atoms with Gasteiger partial charge in [-0.25, -0.2) is 5.43 Å². The van der Waals surface area contributed by atoms with Crippen molar-refractivity contribution < 1.29 is 9.90 Å². The molecule has 148 valence electrons. The molecule has 0 aliphatic carbocycles. The first-order chi connectivity index (χ1) is 13.8. The van der Waals surface area contributed by atoms with E-state index in [4.69, 9.17) is 0 Å². The highest BCUT2D eigenvalue weighted by Gasteiger charge is 2.20. The maximum atomic E-state index is 12.4. The van der Waals surface area contributed by atoms with Crippen LogP contribution in [0.15, 0.2) is 76.3 Å². The minimum Gasteiger partial charge on any atom is -0.507 e. The van der Waals surface area contributed by atoms with Gasteiger partial charge in [-0.1, -0.05) is 79.2 Å². The molecule has 29 heavy (non-hydrogen) atoms. The topological polar surface area (TPSA) is 61.7 Å². The van der Waals surface area contributed by atoms with Crippen molar-refractivity contribution >= 4 is 28.1 Å². The standard InChI is InChI=1S/C24H23BrN2O2/c1-24(2,3)21-14-20(25)13-19(22(21)28)15-26-27-23(29)18-11-9-17(10-12-18)16-7-5-4-6-8-16/h4-15,28H,1-3H3,(H,27,29)/b26-15-. The normalized spacial score (nSPS) is 11.6. The van der Waals surface area contributed by atoms with Gasteiger partial charge < -0.3 is 5.11 Å². The number of nitrogens with zero attached hydrogens (tertiary/aromatic N) is 1. The second-order valence-corrected chi connectivity index (χ2v) is 8.70. The van der Waals surface area contributed by atoms with Crippen molar-refractivity contribution in [1.82, 2.24) is 5.43 Å². The van der Waals surface area contributed by atoms with Crippen molar-refractivity contribution in [2.24, 2.45) is 5.10 Å². The maximum absolute atomic E-state index is 12.4. The van der Waals surface area contributed by atoms with Crippen molar-refractivity contribution in [2.45, 2.75) is 26.2 Å². The minimum atomic E-state index is -0.314. The molecule has 0 aliphatic heterocycles. The van der Waals surface area contributed by atoms with E-state index >= 15 is 0 Å². The number of hydrazone groups is 1. The summed E-state index contributed by atoms with van der Waals surface area (Å²) < 4.78 is 0.838. The zero-order valence-corrected chi connectivity index (χ0v) is 18.2. The number of phenolic OH excluding ortho intramolecular Hbond substituents is 1. The molecule has 0 bridgehead atoms. The monoisotopic (exact) mass is 450 g/mol. The molecule has 2 N–H and O–H groups in total. The second kappa shape index (κ2) is 8.62. The summed E-state index contributed by atoms with van der Waals surface area (Å²) in [6.07, 6.45) is 1.45. The van der Waals surface area contributed by atoms with Gasteiger partial charge in [0.2, 0.25) is 0 Å². The molecule has 0 fully saturated rings. The summed E-state index contributed by atoms with van der Waals surface area (Å²) in [4.78, 5) is 12.4. The predicted molar refractivity (Wildman–Crippen MR) is 121 cm³/mol. The Kier molecular flexibility index (Phi) is 6.18. The lowest BCUT2D eigenvalue weighted by molar-refractivity contribution is 0.0955. The van der Waals surface area contributed by atoms with Gasteiger partial charge in [0, 0.05) is 21.2 Å². The number of phenols is 1. The molecule has 5 heteroatoms. The van der Waals surface area contributed by atoms with Crippen LogP contribution in [-0.4, -0.2) is 17.2 Å². The number of benzene rings is 3. The molecule has 1 amide bonds. The third-order valence-corrected chi connectivity index (χ3v) is 4.99. The van der Waals surface area contributed by atoms with Gasteiger partial charge in [-0.05, 0) is 40.8 Å². The number of nitrogens with one attached hydrogen (secondary N) is 1. The molecule has 0 atom stereocenters. The molecule has 3 aromatic rings. The molecule has 0 unspecified atom stereocenters. The number of amides is 1. The lowest BCUT2D eigenvalue weighted by Gasteiger charge is -2.21. The fourth-order valence-electron chi connectivity index (χ4n) is 2.96. The highest BCUT2D eigenvalue weighted by molar-refractivity contribution is 9.10. The van der Waals surface area contributed by atoms with E-state index < -0.39 is 0 Å². The molecule has 0 radical (unpaired) electrons. The van der Waals surface area contributed by atoms with Gasteiger partial charge in [0.25, 0.3) is 5.91 Å². The zero-order chi connectivity index (χ0) is 21.0. The molecule has 3 rings (SSSR count). The predicted octanol–water partition coefficient (Wildman–Crippen LogP) is 5.88. The minimum absolute atomic E-state index is 0.158. The molecule has 3 aromatic carbocycles. The third-order valence-electron chi connectivity index (χ3n) is 4.54. The molecule has 0 aromatic heterocycles. The van der Waals surface area contributed by atoms with Crippen molar-refractivity contribution in [2.75, 3.05) is 0 Å². The molecule has 0 aliphatic rings. The van der Waals surface area contributed by atoms with E-state index in [1.165, 1.54) is 6.21 Å². The Morgan fingerprint density at radius 2 is 1.62 bits per heavy atom. The van der Waals surface area contributed by atoms with Gasteiger partial charge in [0.05, 0.1) is 6.21 Å². The number of hydrogen-bond acceptors (Lipinski definition) is 3. The fraction of sp³-hybridized carbons (Fsp3) is 0.167. The number of halogens is 1. The largest absolute Gasteiger partial charge is 0.507 e. The van der Waals surface area contributed by atoms with Crippen LogP contribution in [0.3, 0.4) is 0 Å². The van der Waals surface area contributed by atoms with E-state index in [1.54, 1.807) is 18.2 Å². The summed E-state index contributed by atoms with van der Waals surface area (Å²) in [6, 6.07) is 21.0. The maximum Gasteiger partial charge on any atom is 0.271 e. The van der Waals surface area contributed by atoms with Crippen LogP contribution < -0.4 is 5.43 Å². The van der Waals surface area contributed by atoms with E-state index in [9.17, 15) is 9.90 Å². The Morgan fingerprint density at radius 1 is 1.00 bits per heavy atom. The van der Waals surface area contributed by atoms with Crippen LogP contribution in [0.1, 0.15) is 42.3 Å². The molecule has 0 spiro atoms. The Hall–Kier alpha value is -2.92. The van der Waals surface area contributed by atoms with Gasteiger partial charge in [-0.2, -0.15) is 5.10 Å². The van der Waals surface area contributed by atoms with Crippen LogP contribution in [0.4, 0.5) is 0 Å². The molecule has 0 saturated carbocycles. The first-order valence-electron chi connectivity index (χ1n) is 9.27. The lowest BCUT2D eigenvalue weighted by atomic mass is 9.85. The third kappa shape index (κ3) is 5.12. The van der Waals surface area contributed by atoms with Crippen LogP contribution >= 0.6 is 15.9 Å². The van der Waals surface area contributed by atoms with Gasteiger partial charge in [0.15, 0.2) is 0 Å². The van der Waals surface area contributed by atoms with Crippen molar-refractivity contribution in [3.05, 3.63) is 87.9 Å². The Labute approximate surface area is 179 Å². The van der Waals surface area contributed by atoms with Gasteiger partial charge in [-0.3, -0.25) is 4.79 Å². The van der Waals surface area contributed by atoms with Gasteiger partial charge >= 0.3 is 0 Å². The molecule has 0 heterocycles. The van der Waals surface area contributed by atoms with Gasteiger partial charge in [-0.15, -0.1) is 0 Å². The lowest BCUT2D eigenvalue weighted by Crippen LogP contribution is -2.17. The van der Waals surface area contributed by atoms with E-state index in [1.807, 2.05) is 69.3 Å². The van der Waals surface area contributed by atoms with Crippen molar-refractivity contribution in [1.29, 1.82) is 0 Å². The van der Waals surface area contributed by atoms with Crippen molar-refractivity contribution in [3.63, 3.8) is 0 Å². The molecular weight excluding hydrogens is 428 g/mol. The smallest absolute Gasteiger partial charge is 0.271 e. The van der Waals surface area contributed by atoms with E-state index in [0.717, 1.165) is 21.2 Å². The average molecular weight is 451 g/mol. The number of aromatic hydroxyl groups is 1. The summed E-state index contributed by atoms with van der Waals surface area (Å²) in [7, 11) is 0. The van der Waals surface area contributed by atoms with E-state index in [2.05, 4.69) is 26.5 Å². The Bertz CT molecular complexity index is 1040. The summed E-state index contributed by atoms with van der Waals surface area (Å²) >= 11 is 3.46. The number of hydrogen-bond donors (Lipinski definition) is 2. The Balaban J connectivity index is 1.73. The molecule has 0 saturated heterocycles. The first kappa shape index (κ1) is 20.8. The average Bonchev–Trinajstić information content (AvgIpc) is 2.70. The zero-order valence-electron chi connectivity index (χ0n) is 16.6. The summed E-state index contributed by atoms with van der Waals surface area (Å²) in [5, 5.41) is 14.6. The first-order valence-corrected chi connectivity index (χ1v) is 10.1. The quantitative estimate of drug-likeness (QED) is 0.384. The summed E-state index contributed by atoms with van der Waals surface area (Å²) in [5.41, 5.74) is 6.27. The SMILES string of the molecule is CC(C)(C)c1cc(Br)cc(/C=N\NC(=O)c2ccc(-c3ccccc3)cc2)c1O. The highest BCUT2D eigenvalue weighted by Crippen LogP contribution is 2.35. The van der Waals surface area contributed by atoms with Gasteiger partial charge in [0.1, 0.15) is 5.75 Å². The van der Waals surface area contributed by atoms with Crippen molar-refractivity contribution in [3.8, 4) is 16.9 Å². The second-order valence-electron chi connectivity index (χ2n) is 7.78. The van der Waals surface area contributed by atoms with Crippen LogP contribution in [-0.2, 0) is 5.41 Å². The number of rotatable bonds is 4. The van der Waals surface area contributed by atoms with E-state index in [0.29, 0.717) is 11.1 Å². The van der Waals surface area contributed by atoms with Crippen LogP contribution in [0.25, 0.3) is 11.1 Å². The summed E-state index contributed by atoms with van der Waals surface area (Å²) in [6.45, 7) is 6.07. The Morgan fingerprint density at radius 3 is 2.24 bits per heavy atom.